The van der Waals surface area contributed by atoms with Gasteiger partial charge in [0.05, 0.1) is 5.75 Å². The summed E-state index contributed by atoms with van der Waals surface area (Å²) >= 11 is 0.963. The Kier molecular flexibility index (Phi) is 6.08. The van der Waals surface area contributed by atoms with Crippen LogP contribution in [-0.4, -0.2) is 66.3 Å². The Morgan fingerprint density at radius 2 is 1.70 bits per heavy atom. The Morgan fingerprint density at radius 1 is 1.00 bits per heavy atom. The Labute approximate surface area is 176 Å². The Bertz CT molecular complexity index is 950. The third-order valence-corrected chi connectivity index (χ3v) is 5.99. The molecule has 4 rings (SSSR count). The summed E-state index contributed by atoms with van der Waals surface area (Å²) in [5.41, 5.74) is 0. The largest absolute Gasteiger partial charge is 0.485 e. The van der Waals surface area contributed by atoms with Crippen molar-refractivity contribution in [3.05, 3.63) is 54.1 Å². The van der Waals surface area contributed by atoms with Gasteiger partial charge in [-0.05, 0) is 30.3 Å². The topological polar surface area (TPSA) is 59.1 Å². The minimum absolute atomic E-state index is 0.00464. The first-order valence-electron chi connectivity index (χ1n) is 9.54. The minimum Gasteiger partial charge on any atom is -0.485 e. The van der Waals surface area contributed by atoms with Crippen LogP contribution in [0.15, 0.2) is 47.4 Å². The van der Waals surface area contributed by atoms with Crippen molar-refractivity contribution in [2.75, 3.05) is 38.5 Å². The van der Waals surface area contributed by atoms with Gasteiger partial charge < -0.3 is 19.3 Å². The molecule has 0 aromatic heterocycles. The van der Waals surface area contributed by atoms with Crippen molar-refractivity contribution in [3.8, 4) is 11.5 Å². The van der Waals surface area contributed by atoms with Crippen LogP contribution in [0.5, 0.6) is 11.5 Å². The van der Waals surface area contributed by atoms with Crippen LogP contribution in [0, 0.1) is 11.6 Å². The summed E-state index contributed by atoms with van der Waals surface area (Å²) in [5.74, 6) is -0.294. The second-order valence-corrected chi connectivity index (χ2v) is 7.95. The predicted octanol–water partition coefficient (Wildman–Crippen LogP) is 2.57. The number of para-hydroxylation sites is 2. The molecule has 158 valence electrons. The van der Waals surface area contributed by atoms with E-state index in [1.807, 2.05) is 12.1 Å². The highest BCUT2D eigenvalue weighted by atomic mass is 32.2. The Morgan fingerprint density at radius 3 is 2.47 bits per heavy atom. The van der Waals surface area contributed by atoms with E-state index < -0.39 is 17.7 Å². The van der Waals surface area contributed by atoms with Crippen molar-refractivity contribution in [2.24, 2.45) is 0 Å². The predicted molar refractivity (Wildman–Crippen MR) is 107 cm³/mol. The molecule has 1 saturated heterocycles. The van der Waals surface area contributed by atoms with Crippen LogP contribution in [0.4, 0.5) is 8.78 Å². The number of halogens is 2. The number of hydrogen-bond acceptors (Lipinski definition) is 5. The molecule has 1 fully saturated rings. The molecule has 0 radical (unpaired) electrons. The van der Waals surface area contributed by atoms with E-state index in [1.165, 1.54) is 0 Å². The van der Waals surface area contributed by atoms with Crippen LogP contribution in [0.3, 0.4) is 0 Å². The number of nitrogens with zero attached hydrogens (tertiary/aromatic N) is 2. The fraction of sp³-hybridized carbons (Fsp3) is 0.333. The van der Waals surface area contributed by atoms with Gasteiger partial charge in [0.1, 0.15) is 18.2 Å². The third-order valence-electron chi connectivity index (χ3n) is 4.97. The zero-order chi connectivity index (χ0) is 21.1. The summed E-state index contributed by atoms with van der Waals surface area (Å²) in [4.78, 5) is 28.6. The molecular formula is C21H20F2N2O4S. The molecule has 2 aliphatic rings. The number of carbonyl (C=O) groups is 2. The van der Waals surface area contributed by atoms with E-state index in [0.29, 0.717) is 37.7 Å². The lowest BCUT2D eigenvalue weighted by atomic mass is 10.2. The monoisotopic (exact) mass is 434 g/mol. The number of fused-ring (bicyclic) bond motifs is 1. The van der Waals surface area contributed by atoms with E-state index in [1.54, 1.807) is 21.9 Å². The molecule has 6 nitrogen and oxygen atoms in total. The average Bonchev–Trinajstić information content (AvgIpc) is 2.78. The maximum Gasteiger partial charge on any atom is 0.267 e. The number of benzene rings is 2. The van der Waals surface area contributed by atoms with Crippen molar-refractivity contribution in [2.45, 2.75) is 11.0 Å². The summed E-state index contributed by atoms with van der Waals surface area (Å²) in [7, 11) is 0. The second-order valence-electron chi connectivity index (χ2n) is 6.93. The van der Waals surface area contributed by atoms with E-state index >= 15 is 0 Å². The van der Waals surface area contributed by atoms with E-state index in [2.05, 4.69) is 0 Å². The van der Waals surface area contributed by atoms with E-state index in [0.717, 1.165) is 30.0 Å². The molecule has 0 N–H and O–H groups in total. The maximum atomic E-state index is 13.7. The molecule has 9 heteroatoms. The SMILES string of the molecule is O=C(CSc1cc(F)ccc1F)N1CCN(C(=O)C2COc3ccccc3O2)CC1. The zero-order valence-corrected chi connectivity index (χ0v) is 16.9. The van der Waals surface area contributed by atoms with E-state index in [4.69, 9.17) is 9.47 Å². The van der Waals surface area contributed by atoms with Gasteiger partial charge in [0, 0.05) is 31.1 Å². The zero-order valence-electron chi connectivity index (χ0n) is 16.1. The van der Waals surface area contributed by atoms with E-state index in [-0.39, 0.29) is 29.1 Å². The molecule has 2 aromatic carbocycles. The van der Waals surface area contributed by atoms with E-state index in [9.17, 15) is 18.4 Å². The number of carbonyl (C=O) groups excluding carboxylic acids is 2. The fourth-order valence-corrected chi connectivity index (χ4v) is 4.20. The molecule has 2 amide bonds. The highest BCUT2D eigenvalue weighted by Gasteiger charge is 2.33. The van der Waals surface area contributed by atoms with Crippen molar-refractivity contribution in [1.82, 2.24) is 9.80 Å². The summed E-state index contributed by atoms with van der Waals surface area (Å²) in [6.07, 6.45) is -0.714. The van der Waals surface area contributed by atoms with Crippen molar-refractivity contribution in [1.29, 1.82) is 0 Å². The third kappa shape index (κ3) is 4.51. The van der Waals surface area contributed by atoms with Crippen LogP contribution < -0.4 is 9.47 Å². The summed E-state index contributed by atoms with van der Waals surface area (Å²) in [6.45, 7) is 1.66. The van der Waals surface area contributed by atoms with Gasteiger partial charge in [-0.2, -0.15) is 0 Å². The first-order valence-corrected chi connectivity index (χ1v) is 10.5. The molecule has 0 bridgehead atoms. The van der Waals surface area contributed by atoms with Gasteiger partial charge in [-0.3, -0.25) is 9.59 Å². The highest BCUT2D eigenvalue weighted by molar-refractivity contribution is 8.00. The van der Waals surface area contributed by atoms with Gasteiger partial charge in [-0.25, -0.2) is 8.78 Å². The van der Waals surface area contributed by atoms with Crippen LogP contribution >= 0.6 is 11.8 Å². The molecule has 0 spiro atoms. The number of piperazine rings is 1. The molecule has 2 aromatic rings. The quantitative estimate of drug-likeness (QED) is 0.693. The van der Waals surface area contributed by atoms with Gasteiger partial charge in [0.2, 0.25) is 12.0 Å². The number of amides is 2. The maximum absolute atomic E-state index is 13.7. The van der Waals surface area contributed by atoms with Crippen LogP contribution in [0.25, 0.3) is 0 Å². The lowest BCUT2D eigenvalue weighted by molar-refractivity contribution is -0.145. The molecule has 2 heterocycles. The van der Waals surface area contributed by atoms with Crippen LogP contribution in [0.1, 0.15) is 0 Å². The molecule has 1 atom stereocenters. The molecular weight excluding hydrogens is 414 g/mol. The number of ether oxygens (including phenoxy) is 2. The molecule has 0 saturated carbocycles. The normalized spacial score (nSPS) is 18.3. The first kappa shape index (κ1) is 20.5. The Hall–Kier alpha value is -2.81. The molecule has 0 aliphatic carbocycles. The number of hydrogen-bond donors (Lipinski definition) is 0. The van der Waals surface area contributed by atoms with Gasteiger partial charge in [-0.1, -0.05) is 12.1 Å². The lowest BCUT2D eigenvalue weighted by Crippen LogP contribution is -2.55. The average molecular weight is 434 g/mol. The summed E-state index contributed by atoms with van der Waals surface area (Å²) in [6, 6.07) is 10.3. The second kappa shape index (κ2) is 8.91. The van der Waals surface area contributed by atoms with Crippen molar-refractivity contribution in [3.63, 3.8) is 0 Å². The Balaban J connectivity index is 1.27. The van der Waals surface area contributed by atoms with Crippen molar-refractivity contribution < 1.29 is 27.8 Å². The van der Waals surface area contributed by atoms with Crippen molar-refractivity contribution >= 4 is 23.6 Å². The highest BCUT2D eigenvalue weighted by Crippen LogP contribution is 2.31. The minimum atomic E-state index is -0.714. The summed E-state index contributed by atoms with van der Waals surface area (Å²) < 4.78 is 38.3. The first-order chi connectivity index (χ1) is 14.5. The molecule has 30 heavy (non-hydrogen) atoms. The summed E-state index contributed by atoms with van der Waals surface area (Å²) in [5, 5.41) is 0. The van der Waals surface area contributed by atoms with Crippen LogP contribution in [0.2, 0.25) is 0 Å². The van der Waals surface area contributed by atoms with Gasteiger partial charge in [0.25, 0.3) is 5.91 Å². The van der Waals surface area contributed by atoms with Gasteiger partial charge in [-0.15, -0.1) is 11.8 Å². The van der Waals surface area contributed by atoms with Gasteiger partial charge in [0.15, 0.2) is 11.5 Å². The fourth-order valence-electron chi connectivity index (χ4n) is 3.34. The molecule has 1 unspecified atom stereocenters. The lowest BCUT2D eigenvalue weighted by Gasteiger charge is -2.37. The number of rotatable bonds is 4. The standard InChI is InChI=1S/C21H20F2N2O4S/c22-14-5-6-15(23)19(11-14)30-13-20(26)24-7-9-25(10-8-24)21(27)18-12-28-16-3-1-2-4-17(16)29-18/h1-6,11,18H,7-10,12-13H2. The van der Waals surface area contributed by atoms with Gasteiger partial charge >= 0.3 is 0 Å². The van der Waals surface area contributed by atoms with Crippen LogP contribution in [-0.2, 0) is 9.59 Å². The number of thioether (sulfide) groups is 1. The molecule has 2 aliphatic heterocycles. The smallest absolute Gasteiger partial charge is 0.267 e.